The lowest BCUT2D eigenvalue weighted by Gasteiger charge is -2.41. The van der Waals surface area contributed by atoms with Gasteiger partial charge in [-0.05, 0) is 37.6 Å². The van der Waals surface area contributed by atoms with Gasteiger partial charge in [-0.25, -0.2) is 9.10 Å². The second-order valence-electron chi connectivity index (χ2n) is 6.62. The van der Waals surface area contributed by atoms with Gasteiger partial charge in [0.2, 0.25) is 0 Å². The molecule has 1 saturated heterocycles. The van der Waals surface area contributed by atoms with Crippen molar-refractivity contribution >= 4 is 47.7 Å². The Morgan fingerprint density at radius 1 is 1.22 bits per heavy atom. The Morgan fingerprint density at radius 3 is 2.59 bits per heavy atom. The number of carbonyl (C=O) groups excluding carboxylic acids is 1. The predicted molar refractivity (Wildman–Crippen MR) is 111 cm³/mol. The number of halogens is 2. The first-order chi connectivity index (χ1) is 12.8. The quantitative estimate of drug-likeness (QED) is 0.659. The second kappa shape index (κ2) is 8.29. The van der Waals surface area contributed by atoms with Crippen LogP contribution >= 0.6 is 36.0 Å². The Kier molecular flexibility index (Phi) is 6.23. The average molecular weight is 427 g/mol. The Hall–Kier alpha value is -1.44. The van der Waals surface area contributed by atoms with Crippen LogP contribution in [0.5, 0.6) is 0 Å². The third kappa shape index (κ3) is 4.89. The van der Waals surface area contributed by atoms with Crippen LogP contribution in [-0.4, -0.2) is 24.5 Å². The third-order valence-electron chi connectivity index (χ3n) is 4.15. The van der Waals surface area contributed by atoms with Gasteiger partial charge in [0.1, 0.15) is 6.10 Å². The molecule has 144 valence electrons. The van der Waals surface area contributed by atoms with Crippen LogP contribution in [0.3, 0.4) is 0 Å². The molecule has 1 fully saturated rings. The summed E-state index contributed by atoms with van der Waals surface area (Å²) in [7, 11) is 0. The van der Waals surface area contributed by atoms with Crippen LogP contribution in [0.1, 0.15) is 25.5 Å². The van der Waals surface area contributed by atoms with E-state index in [1.54, 1.807) is 18.2 Å². The molecule has 0 spiro atoms. The fourth-order valence-corrected chi connectivity index (χ4v) is 3.63. The molecule has 3 rings (SSSR count). The van der Waals surface area contributed by atoms with Crippen molar-refractivity contribution in [3.8, 4) is 0 Å². The number of nitrogens with one attached hydrogen (secondary N) is 1. The summed E-state index contributed by atoms with van der Waals surface area (Å²) in [5.74, 6) is -0.748. The first-order valence-corrected chi connectivity index (χ1v) is 9.54. The molecule has 5 nitrogen and oxygen atoms in total. The molecule has 8 heteroatoms. The Bertz CT molecular complexity index is 820. The van der Waals surface area contributed by atoms with Gasteiger partial charge in [-0.3, -0.25) is 0 Å². The van der Waals surface area contributed by atoms with Crippen LogP contribution in [0.15, 0.2) is 48.5 Å². The van der Waals surface area contributed by atoms with Crippen LogP contribution < -0.4 is 9.62 Å². The van der Waals surface area contributed by atoms with Crippen molar-refractivity contribution in [1.29, 1.82) is 0 Å². The number of rotatable bonds is 3. The fourth-order valence-electron chi connectivity index (χ4n) is 2.84. The second-order valence-corrected chi connectivity index (χ2v) is 7.87. The first-order valence-electron chi connectivity index (χ1n) is 8.38. The summed E-state index contributed by atoms with van der Waals surface area (Å²) in [6.45, 7) is 3.99. The molecule has 0 unspecified atom stereocenters. The van der Waals surface area contributed by atoms with E-state index in [1.165, 1.54) is 0 Å². The van der Waals surface area contributed by atoms with Gasteiger partial charge >= 0.3 is 6.03 Å². The van der Waals surface area contributed by atoms with E-state index in [0.29, 0.717) is 22.3 Å². The van der Waals surface area contributed by atoms with Crippen molar-refractivity contribution in [2.24, 2.45) is 0 Å². The van der Waals surface area contributed by atoms with E-state index in [4.69, 9.17) is 32.7 Å². The van der Waals surface area contributed by atoms with E-state index < -0.39 is 17.9 Å². The highest BCUT2D eigenvalue weighted by atomic mass is 35.5. The van der Waals surface area contributed by atoms with Gasteiger partial charge in [0.25, 0.3) is 0 Å². The maximum atomic E-state index is 12.7. The van der Waals surface area contributed by atoms with Gasteiger partial charge in [-0.1, -0.05) is 66.3 Å². The zero-order valence-electron chi connectivity index (χ0n) is 14.9. The Balaban J connectivity index is 1.78. The fraction of sp³-hybridized carbons (Fsp3) is 0.316. The minimum atomic E-state index is -0.748. The maximum absolute atomic E-state index is 12.7. The number of hydrogen-bond donors (Lipinski definition) is 2. The number of urea groups is 1. The summed E-state index contributed by atoms with van der Waals surface area (Å²) in [5.41, 5.74) is 1.38. The van der Waals surface area contributed by atoms with Crippen LogP contribution in [0.4, 0.5) is 10.5 Å². The van der Waals surface area contributed by atoms with Crippen molar-refractivity contribution in [3.63, 3.8) is 0 Å². The number of thiol groups is 1. The van der Waals surface area contributed by atoms with E-state index in [9.17, 15) is 4.79 Å². The Labute approximate surface area is 174 Å². The van der Waals surface area contributed by atoms with Crippen LogP contribution in [0.2, 0.25) is 10.0 Å². The molecule has 27 heavy (non-hydrogen) atoms. The minimum Gasteiger partial charge on any atom is -0.348 e. The lowest BCUT2D eigenvalue weighted by Crippen LogP contribution is -2.53. The molecule has 2 aromatic rings. The highest BCUT2D eigenvalue weighted by Crippen LogP contribution is 2.34. The van der Waals surface area contributed by atoms with E-state index in [1.807, 2.05) is 44.2 Å². The summed E-state index contributed by atoms with van der Waals surface area (Å²) in [6, 6.07) is 13.7. The molecule has 1 aliphatic rings. The van der Waals surface area contributed by atoms with Crippen molar-refractivity contribution in [3.05, 3.63) is 64.1 Å². The Morgan fingerprint density at radius 2 is 1.93 bits per heavy atom. The van der Waals surface area contributed by atoms with Crippen LogP contribution in [-0.2, 0) is 9.47 Å². The van der Waals surface area contributed by atoms with Gasteiger partial charge in [-0.2, -0.15) is 0 Å². The molecule has 0 bridgehead atoms. The third-order valence-corrected chi connectivity index (χ3v) is 5.09. The molecule has 0 saturated carbocycles. The summed E-state index contributed by atoms with van der Waals surface area (Å²) in [4.78, 5) is 12.7. The molecule has 0 aromatic heterocycles. The van der Waals surface area contributed by atoms with Crippen LogP contribution in [0, 0.1) is 0 Å². The topological polar surface area (TPSA) is 50.8 Å². The first kappa shape index (κ1) is 20.3. The van der Waals surface area contributed by atoms with Crippen molar-refractivity contribution in [1.82, 2.24) is 5.32 Å². The number of nitrogens with zero attached hydrogens (tertiary/aromatic N) is 1. The summed E-state index contributed by atoms with van der Waals surface area (Å²) in [5, 5.41) is 3.72. The molecule has 2 amide bonds. The van der Waals surface area contributed by atoms with Crippen molar-refractivity contribution in [2.45, 2.75) is 31.8 Å². The number of benzene rings is 2. The lowest BCUT2D eigenvalue weighted by molar-refractivity contribution is -0.284. The molecule has 2 atom stereocenters. The zero-order valence-corrected chi connectivity index (χ0v) is 17.3. The van der Waals surface area contributed by atoms with Gasteiger partial charge < -0.3 is 14.8 Å². The number of anilines is 1. The zero-order chi connectivity index (χ0) is 19.6. The average Bonchev–Trinajstić information content (AvgIpc) is 2.63. The van der Waals surface area contributed by atoms with E-state index >= 15 is 0 Å². The largest absolute Gasteiger partial charge is 0.348 e. The molecule has 1 N–H and O–H groups in total. The minimum absolute atomic E-state index is 0.300. The SMILES string of the molecule is CC1(C)OC[C@H](NC(=O)N(S)c2ccc(Cl)cc2Cl)[C@@H](c2ccccc2)O1. The van der Waals surface area contributed by atoms with Crippen molar-refractivity contribution in [2.75, 3.05) is 10.9 Å². The molecule has 1 heterocycles. The number of carbonyl (C=O) groups is 1. The van der Waals surface area contributed by atoms with Crippen molar-refractivity contribution < 1.29 is 14.3 Å². The number of amides is 2. The predicted octanol–water partition coefficient (Wildman–Crippen LogP) is 5.25. The van der Waals surface area contributed by atoms with Gasteiger partial charge in [0.05, 0.1) is 23.4 Å². The van der Waals surface area contributed by atoms with E-state index in [-0.39, 0.29) is 6.10 Å². The lowest BCUT2D eigenvalue weighted by atomic mass is 10.0. The summed E-state index contributed by atoms with van der Waals surface area (Å²) in [6.07, 6.45) is -0.360. The normalized spacial score (nSPS) is 21.5. The smallest absolute Gasteiger partial charge is 0.332 e. The van der Waals surface area contributed by atoms with Gasteiger partial charge in [-0.15, -0.1) is 0 Å². The molecule has 2 aromatic carbocycles. The summed E-state index contributed by atoms with van der Waals surface area (Å²) < 4.78 is 12.9. The standard InChI is InChI=1S/C19H20Cl2N2O3S/c1-19(2)25-11-15(17(26-19)12-6-4-3-5-7-12)22-18(24)23(27)16-9-8-13(20)10-14(16)21/h3-10,15,17,27H,11H2,1-2H3,(H,22,24)/t15-,17+/m0/s1. The van der Waals surface area contributed by atoms with Gasteiger partial charge in [0.15, 0.2) is 5.79 Å². The molecule has 1 aliphatic heterocycles. The maximum Gasteiger partial charge on any atom is 0.332 e. The number of ether oxygens (including phenoxy) is 2. The van der Waals surface area contributed by atoms with Crippen LogP contribution in [0.25, 0.3) is 0 Å². The van der Waals surface area contributed by atoms with E-state index in [2.05, 4.69) is 18.1 Å². The summed E-state index contributed by atoms with van der Waals surface area (Å²) >= 11 is 16.4. The highest BCUT2D eigenvalue weighted by Gasteiger charge is 2.38. The molecule has 0 aliphatic carbocycles. The molecular weight excluding hydrogens is 407 g/mol. The number of hydrogen-bond acceptors (Lipinski definition) is 4. The molecular formula is C19H20Cl2N2O3S. The highest BCUT2D eigenvalue weighted by molar-refractivity contribution is 7.82. The van der Waals surface area contributed by atoms with Gasteiger partial charge in [0, 0.05) is 5.02 Å². The molecule has 0 radical (unpaired) electrons. The van der Waals surface area contributed by atoms with E-state index in [0.717, 1.165) is 9.87 Å². The monoisotopic (exact) mass is 426 g/mol.